The second kappa shape index (κ2) is 9.44. The Balaban J connectivity index is 1.86. The molecule has 7 heteroatoms. The van der Waals surface area contributed by atoms with Crippen LogP contribution in [0.5, 0.6) is 5.75 Å². The summed E-state index contributed by atoms with van der Waals surface area (Å²) < 4.78 is 17.1. The minimum Gasteiger partial charge on any atom is -0.493 e. The van der Waals surface area contributed by atoms with Gasteiger partial charge in [-0.25, -0.2) is 4.79 Å². The van der Waals surface area contributed by atoms with Gasteiger partial charge in [0.2, 0.25) is 0 Å². The van der Waals surface area contributed by atoms with E-state index in [1.165, 1.54) is 7.11 Å². The molecule has 0 spiro atoms. The molecule has 1 fully saturated rings. The van der Waals surface area contributed by atoms with Gasteiger partial charge in [0.15, 0.2) is 0 Å². The van der Waals surface area contributed by atoms with Crippen LogP contribution in [-0.4, -0.2) is 49.4 Å². The molecular formula is C20H28BrNO5. The van der Waals surface area contributed by atoms with Crippen LogP contribution in [0.2, 0.25) is 0 Å². The van der Waals surface area contributed by atoms with E-state index in [2.05, 4.69) is 15.9 Å². The largest absolute Gasteiger partial charge is 0.493 e. The Labute approximate surface area is 169 Å². The smallest absolute Gasteiger partial charge is 0.410 e. The first-order chi connectivity index (χ1) is 12.7. The zero-order valence-electron chi connectivity index (χ0n) is 16.4. The number of piperidine rings is 1. The first-order valence-electron chi connectivity index (χ1n) is 9.14. The number of carbonyl (C=O) groups is 2. The number of hydrogen-bond donors (Lipinski definition) is 0. The molecule has 2 rings (SSSR count). The maximum absolute atomic E-state index is 12.1. The lowest BCUT2D eigenvalue weighted by molar-refractivity contribution is -0.139. The number of halogens is 1. The summed E-state index contributed by atoms with van der Waals surface area (Å²) in [4.78, 5) is 25.5. The zero-order valence-corrected chi connectivity index (χ0v) is 18.0. The van der Waals surface area contributed by atoms with Crippen LogP contribution in [0, 0.1) is 5.92 Å². The lowest BCUT2D eigenvalue weighted by atomic mass is 9.98. The van der Waals surface area contributed by atoms with E-state index in [4.69, 9.17) is 14.2 Å². The summed E-state index contributed by atoms with van der Waals surface area (Å²) in [6, 6.07) is 5.62. The Kier molecular flexibility index (Phi) is 7.53. The van der Waals surface area contributed by atoms with Crippen molar-refractivity contribution in [1.82, 2.24) is 4.90 Å². The van der Waals surface area contributed by atoms with Crippen molar-refractivity contribution in [3.8, 4) is 5.75 Å². The third-order valence-corrected chi connectivity index (χ3v) is 4.82. The van der Waals surface area contributed by atoms with E-state index in [1.807, 2.05) is 39.0 Å². The fourth-order valence-electron chi connectivity index (χ4n) is 2.87. The number of esters is 1. The van der Waals surface area contributed by atoms with Crippen molar-refractivity contribution < 1.29 is 23.8 Å². The number of amides is 1. The maximum atomic E-state index is 12.1. The lowest BCUT2D eigenvalue weighted by Gasteiger charge is -2.33. The molecule has 0 N–H and O–H groups in total. The van der Waals surface area contributed by atoms with Gasteiger partial charge in [0.05, 0.1) is 20.1 Å². The Bertz CT molecular complexity index is 663. The molecule has 0 aliphatic carbocycles. The number of benzene rings is 1. The van der Waals surface area contributed by atoms with Crippen LogP contribution >= 0.6 is 15.9 Å². The minimum absolute atomic E-state index is 0.169. The highest BCUT2D eigenvalue weighted by molar-refractivity contribution is 9.10. The first kappa shape index (κ1) is 21.5. The molecular weight excluding hydrogens is 414 g/mol. The standard InChI is InChI=1S/C20H28BrNO5/c1-20(2,3)27-19(24)22-9-7-14(8-10-22)13-26-17-6-5-16(21)11-15(17)12-18(23)25-4/h5-6,11,14H,7-10,12-13H2,1-4H3. The van der Waals surface area contributed by atoms with Crippen LogP contribution in [-0.2, 0) is 20.7 Å². The summed E-state index contributed by atoms with van der Waals surface area (Å²) in [6.07, 6.45) is 1.64. The van der Waals surface area contributed by atoms with Crippen molar-refractivity contribution in [2.45, 2.75) is 45.6 Å². The number of likely N-dealkylation sites (tertiary alicyclic amines) is 1. The number of carbonyl (C=O) groups excluding carboxylic acids is 2. The van der Waals surface area contributed by atoms with Crippen LogP contribution in [0.15, 0.2) is 22.7 Å². The Hall–Kier alpha value is -1.76. The molecule has 0 aromatic heterocycles. The Morgan fingerprint density at radius 2 is 1.89 bits per heavy atom. The normalized spacial score (nSPS) is 15.4. The SMILES string of the molecule is COC(=O)Cc1cc(Br)ccc1OCC1CCN(C(=O)OC(C)(C)C)CC1. The van der Waals surface area contributed by atoms with Crippen LogP contribution in [0.1, 0.15) is 39.2 Å². The van der Waals surface area contributed by atoms with Gasteiger partial charge in [-0.15, -0.1) is 0 Å². The molecule has 1 aromatic rings. The van der Waals surface area contributed by atoms with E-state index in [0.717, 1.165) is 22.9 Å². The van der Waals surface area contributed by atoms with Gasteiger partial charge >= 0.3 is 12.1 Å². The predicted octanol–water partition coefficient (Wildman–Crippen LogP) is 4.19. The van der Waals surface area contributed by atoms with Gasteiger partial charge in [-0.1, -0.05) is 15.9 Å². The molecule has 1 aliphatic rings. The van der Waals surface area contributed by atoms with Gasteiger partial charge in [-0.3, -0.25) is 4.79 Å². The third kappa shape index (κ3) is 7.05. The van der Waals surface area contributed by atoms with Gasteiger partial charge < -0.3 is 19.1 Å². The van der Waals surface area contributed by atoms with Crippen LogP contribution in [0.4, 0.5) is 4.79 Å². The van der Waals surface area contributed by atoms with Crippen LogP contribution in [0.3, 0.4) is 0 Å². The van der Waals surface area contributed by atoms with E-state index in [1.54, 1.807) is 4.90 Å². The van der Waals surface area contributed by atoms with Crippen LogP contribution in [0.25, 0.3) is 0 Å². The molecule has 1 amide bonds. The molecule has 1 saturated heterocycles. The lowest BCUT2D eigenvalue weighted by Crippen LogP contribution is -2.42. The predicted molar refractivity (Wildman–Crippen MR) is 106 cm³/mol. The van der Waals surface area contributed by atoms with Gasteiger partial charge in [0, 0.05) is 23.1 Å². The molecule has 150 valence electrons. The van der Waals surface area contributed by atoms with E-state index < -0.39 is 5.60 Å². The number of methoxy groups -OCH3 is 1. The monoisotopic (exact) mass is 441 g/mol. The summed E-state index contributed by atoms with van der Waals surface area (Å²) in [7, 11) is 1.37. The fraction of sp³-hybridized carbons (Fsp3) is 0.600. The van der Waals surface area contributed by atoms with E-state index >= 15 is 0 Å². The molecule has 6 nitrogen and oxygen atoms in total. The molecule has 27 heavy (non-hydrogen) atoms. The van der Waals surface area contributed by atoms with Gasteiger partial charge in [0.25, 0.3) is 0 Å². The molecule has 0 saturated carbocycles. The fourth-order valence-corrected chi connectivity index (χ4v) is 3.28. The quantitative estimate of drug-likeness (QED) is 0.640. The Morgan fingerprint density at radius 1 is 1.22 bits per heavy atom. The van der Waals surface area contributed by atoms with Crippen molar-refractivity contribution >= 4 is 28.0 Å². The number of nitrogens with zero attached hydrogens (tertiary/aromatic N) is 1. The molecule has 1 aliphatic heterocycles. The average molecular weight is 442 g/mol. The Morgan fingerprint density at radius 3 is 2.48 bits per heavy atom. The van der Waals surface area contributed by atoms with Crippen molar-refractivity contribution in [1.29, 1.82) is 0 Å². The maximum Gasteiger partial charge on any atom is 0.410 e. The summed E-state index contributed by atoms with van der Waals surface area (Å²) in [6.45, 7) is 7.50. The van der Waals surface area contributed by atoms with E-state index in [9.17, 15) is 9.59 Å². The summed E-state index contributed by atoms with van der Waals surface area (Å²) in [5, 5.41) is 0. The van der Waals surface area contributed by atoms with Crippen molar-refractivity contribution in [2.75, 3.05) is 26.8 Å². The van der Waals surface area contributed by atoms with E-state index in [0.29, 0.717) is 31.4 Å². The van der Waals surface area contributed by atoms with Crippen molar-refractivity contribution in [3.05, 3.63) is 28.2 Å². The summed E-state index contributed by atoms with van der Waals surface area (Å²) >= 11 is 3.42. The molecule has 0 radical (unpaired) electrons. The number of hydrogen-bond acceptors (Lipinski definition) is 5. The molecule has 0 atom stereocenters. The zero-order chi connectivity index (χ0) is 20.0. The summed E-state index contributed by atoms with van der Waals surface area (Å²) in [5.74, 6) is 0.750. The first-order valence-corrected chi connectivity index (χ1v) is 9.93. The van der Waals surface area contributed by atoms with Crippen molar-refractivity contribution in [2.24, 2.45) is 5.92 Å². The molecule has 1 aromatic carbocycles. The average Bonchev–Trinajstić information content (AvgIpc) is 2.60. The van der Waals surface area contributed by atoms with Crippen LogP contribution < -0.4 is 4.74 Å². The van der Waals surface area contributed by atoms with E-state index in [-0.39, 0.29) is 18.5 Å². The molecule has 1 heterocycles. The molecule has 0 bridgehead atoms. The second-order valence-corrected chi connectivity index (χ2v) is 8.64. The highest BCUT2D eigenvalue weighted by Crippen LogP contribution is 2.26. The summed E-state index contributed by atoms with van der Waals surface area (Å²) in [5.41, 5.74) is 0.316. The third-order valence-electron chi connectivity index (χ3n) is 4.33. The number of ether oxygens (including phenoxy) is 3. The van der Waals surface area contributed by atoms with Gasteiger partial charge in [-0.05, 0) is 57.7 Å². The van der Waals surface area contributed by atoms with Crippen molar-refractivity contribution in [3.63, 3.8) is 0 Å². The van der Waals surface area contributed by atoms with Gasteiger partial charge in [-0.2, -0.15) is 0 Å². The number of rotatable bonds is 5. The molecule has 0 unspecified atom stereocenters. The topological polar surface area (TPSA) is 65.1 Å². The highest BCUT2D eigenvalue weighted by Gasteiger charge is 2.27. The second-order valence-electron chi connectivity index (χ2n) is 7.73. The minimum atomic E-state index is -0.478. The highest BCUT2D eigenvalue weighted by atomic mass is 79.9. The van der Waals surface area contributed by atoms with Gasteiger partial charge in [0.1, 0.15) is 11.4 Å².